The van der Waals surface area contributed by atoms with Gasteiger partial charge in [-0.2, -0.15) is 0 Å². The second kappa shape index (κ2) is 6.29. The van der Waals surface area contributed by atoms with Gasteiger partial charge < -0.3 is 9.88 Å². The zero-order chi connectivity index (χ0) is 17.0. The third-order valence-corrected chi connectivity index (χ3v) is 7.64. The Balaban J connectivity index is 1.17. The largest absolute Gasteiger partial charge is 0.353 e. The molecule has 1 amide bonds. The predicted molar refractivity (Wildman–Crippen MR) is 97.5 cm³/mol. The predicted octanol–water partition coefficient (Wildman–Crippen LogP) is 3.52. The Kier molecular flexibility index (Phi) is 4.06. The molecule has 5 nitrogen and oxygen atoms in total. The summed E-state index contributed by atoms with van der Waals surface area (Å²) >= 11 is 1.57. The maximum atomic E-state index is 12.5. The highest BCUT2D eigenvalue weighted by Gasteiger charge is 2.42. The highest BCUT2D eigenvalue weighted by molar-refractivity contribution is 7.99. The molecule has 5 rings (SSSR count). The highest BCUT2D eigenvalue weighted by Crippen LogP contribution is 2.49. The summed E-state index contributed by atoms with van der Waals surface area (Å²) in [5.41, 5.74) is 0. The van der Waals surface area contributed by atoms with Crippen LogP contribution in [0.2, 0.25) is 0 Å². The van der Waals surface area contributed by atoms with Crippen LogP contribution < -0.4 is 5.32 Å². The van der Waals surface area contributed by atoms with E-state index in [0.29, 0.717) is 29.7 Å². The van der Waals surface area contributed by atoms with Crippen molar-refractivity contribution < 1.29 is 4.79 Å². The topological polar surface area (TPSA) is 59.8 Å². The number of hydrogen-bond acceptors (Lipinski definition) is 4. The Hall–Kier alpha value is -1.04. The van der Waals surface area contributed by atoms with Gasteiger partial charge in [0.2, 0.25) is 5.91 Å². The number of aromatic nitrogens is 3. The molecule has 0 aromatic carbocycles. The molecular formula is C19H28N4OS. The van der Waals surface area contributed by atoms with Crippen LogP contribution in [-0.2, 0) is 4.79 Å². The number of nitrogens with one attached hydrogen (secondary N) is 1. The van der Waals surface area contributed by atoms with Gasteiger partial charge in [0.15, 0.2) is 5.16 Å². The van der Waals surface area contributed by atoms with Crippen molar-refractivity contribution in [2.75, 3.05) is 5.75 Å². The summed E-state index contributed by atoms with van der Waals surface area (Å²) in [6, 6.07) is 0.899. The summed E-state index contributed by atoms with van der Waals surface area (Å²) in [7, 11) is 0. The molecule has 4 aliphatic carbocycles. The van der Waals surface area contributed by atoms with Gasteiger partial charge in [-0.1, -0.05) is 18.2 Å². The van der Waals surface area contributed by atoms with Crippen molar-refractivity contribution >= 4 is 17.7 Å². The standard InChI is InChI=1S/C19H28N4OS/c1-11(16-9-12-2-3-14(16)8-12)20-17(24)10-25-19-22-21-18(13-4-5-13)23(19)15-6-7-15/h11-16H,2-10H2,1H3,(H,20,24). The van der Waals surface area contributed by atoms with Crippen LogP contribution in [0, 0.1) is 17.8 Å². The molecule has 0 radical (unpaired) electrons. The van der Waals surface area contributed by atoms with Gasteiger partial charge >= 0.3 is 0 Å². The average molecular weight is 361 g/mol. The van der Waals surface area contributed by atoms with Crippen molar-refractivity contribution in [2.45, 2.75) is 81.4 Å². The number of fused-ring (bicyclic) bond motifs is 2. The van der Waals surface area contributed by atoms with Crippen LogP contribution in [0.4, 0.5) is 0 Å². The Morgan fingerprint density at radius 3 is 2.68 bits per heavy atom. The molecule has 2 bridgehead atoms. The fraction of sp³-hybridized carbons (Fsp3) is 0.842. The molecule has 1 heterocycles. The van der Waals surface area contributed by atoms with Crippen LogP contribution >= 0.6 is 11.8 Å². The van der Waals surface area contributed by atoms with Gasteiger partial charge in [0, 0.05) is 18.0 Å². The van der Waals surface area contributed by atoms with Crippen molar-refractivity contribution in [2.24, 2.45) is 17.8 Å². The minimum atomic E-state index is 0.151. The van der Waals surface area contributed by atoms with Crippen molar-refractivity contribution in [1.29, 1.82) is 0 Å². The van der Waals surface area contributed by atoms with Crippen LogP contribution in [-0.4, -0.2) is 32.5 Å². The minimum Gasteiger partial charge on any atom is -0.353 e. The fourth-order valence-electron chi connectivity index (χ4n) is 5.12. The third-order valence-electron chi connectivity index (χ3n) is 6.70. The van der Waals surface area contributed by atoms with Gasteiger partial charge in [-0.3, -0.25) is 4.79 Å². The van der Waals surface area contributed by atoms with Crippen LogP contribution in [0.3, 0.4) is 0 Å². The summed E-state index contributed by atoms with van der Waals surface area (Å²) in [6.45, 7) is 2.20. The third kappa shape index (κ3) is 3.22. The number of rotatable bonds is 7. The second-order valence-electron chi connectivity index (χ2n) is 8.70. The van der Waals surface area contributed by atoms with Crippen molar-refractivity contribution in [3.05, 3.63) is 5.82 Å². The van der Waals surface area contributed by atoms with E-state index >= 15 is 0 Å². The van der Waals surface area contributed by atoms with Gasteiger partial charge in [-0.05, 0) is 69.6 Å². The maximum absolute atomic E-state index is 12.5. The number of carbonyl (C=O) groups excluding carboxylic acids is 1. The van der Waals surface area contributed by atoms with E-state index in [4.69, 9.17) is 0 Å². The van der Waals surface area contributed by atoms with Gasteiger partial charge in [-0.25, -0.2) is 0 Å². The molecule has 136 valence electrons. The van der Waals surface area contributed by atoms with Crippen molar-refractivity contribution in [1.82, 2.24) is 20.1 Å². The molecule has 25 heavy (non-hydrogen) atoms. The maximum Gasteiger partial charge on any atom is 0.230 e. The van der Waals surface area contributed by atoms with Gasteiger partial charge in [0.05, 0.1) is 5.75 Å². The first-order chi connectivity index (χ1) is 12.2. The van der Waals surface area contributed by atoms with E-state index in [-0.39, 0.29) is 5.91 Å². The van der Waals surface area contributed by atoms with E-state index in [0.717, 1.165) is 17.0 Å². The molecule has 4 atom stereocenters. The lowest BCUT2D eigenvalue weighted by Crippen LogP contribution is -2.40. The first-order valence-electron chi connectivity index (χ1n) is 10.1. The Bertz CT molecular complexity index is 666. The quantitative estimate of drug-likeness (QED) is 0.756. The molecule has 4 aliphatic rings. The van der Waals surface area contributed by atoms with Gasteiger partial charge in [-0.15, -0.1) is 10.2 Å². The van der Waals surface area contributed by atoms with Crippen molar-refractivity contribution in [3.63, 3.8) is 0 Å². The molecule has 1 aromatic heterocycles. The van der Waals surface area contributed by atoms with Crippen LogP contribution in [0.5, 0.6) is 0 Å². The van der Waals surface area contributed by atoms with Gasteiger partial charge in [0.1, 0.15) is 5.82 Å². The van der Waals surface area contributed by atoms with E-state index in [2.05, 4.69) is 27.0 Å². The van der Waals surface area contributed by atoms with Crippen LogP contribution in [0.15, 0.2) is 5.16 Å². The minimum absolute atomic E-state index is 0.151. The lowest BCUT2D eigenvalue weighted by Gasteiger charge is -2.28. The number of carbonyl (C=O) groups is 1. The van der Waals surface area contributed by atoms with E-state index < -0.39 is 0 Å². The number of nitrogens with zero attached hydrogens (tertiary/aromatic N) is 3. The summed E-state index contributed by atoms with van der Waals surface area (Å²) in [5.74, 6) is 4.88. The SMILES string of the molecule is CC(NC(=O)CSc1nnc(C2CC2)n1C1CC1)C1CC2CCC1C2. The van der Waals surface area contributed by atoms with Crippen molar-refractivity contribution in [3.8, 4) is 0 Å². The molecule has 6 heteroatoms. The summed E-state index contributed by atoms with van der Waals surface area (Å²) in [5, 5.41) is 13.0. The molecular weight excluding hydrogens is 332 g/mol. The number of thioether (sulfide) groups is 1. The number of amides is 1. The molecule has 4 unspecified atom stereocenters. The lowest BCUT2D eigenvalue weighted by molar-refractivity contribution is -0.119. The molecule has 1 aromatic rings. The smallest absolute Gasteiger partial charge is 0.230 e. The molecule has 0 aliphatic heterocycles. The molecule has 0 spiro atoms. The average Bonchev–Trinajstić information content (AvgIpc) is 3.52. The van der Waals surface area contributed by atoms with E-state index in [1.54, 1.807) is 11.8 Å². The molecule has 0 saturated heterocycles. The summed E-state index contributed by atoms with van der Waals surface area (Å²) < 4.78 is 2.33. The normalized spacial score (nSPS) is 32.1. The Labute approximate surface area is 153 Å². The highest BCUT2D eigenvalue weighted by atomic mass is 32.2. The second-order valence-corrected chi connectivity index (χ2v) is 9.64. The number of hydrogen-bond donors (Lipinski definition) is 1. The molecule has 4 saturated carbocycles. The van der Waals surface area contributed by atoms with E-state index in [9.17, 15) is 4.79 Å². The van der Waals surface area contributed by atoms with Crippen LogP contribution in [0.1, 0.15) is 76.1 Å². The Morgan fingerprint density at radius 2 is 2.04 bits per heavy atom. The van der Waals surface area contributed by atoms with E-state index in [1.807, 2.05) is 0 Å². The summed E-state index contributed by atoms with van der Waals surface area (Å²) in [4.78, 5) is 12.5. The summed E-state index contributed by atoms with van der Waals surface area (Å²) in [6.07, 6.45) is 10.5. The molecule has 1 N–H and O–H groups in total. The van der Waals surface area contributed by atoms with Gasteiger partial charge in [0.25, 0.3) is 0 Å². The zero-order valence-corrected chi connectivity index (χ0v) is 15.8. The van der Waals surface area contributed by atoms with E-state index in [1.165, 1.54) is 57.2 Å². The van der Waals surface area contributed by atoms with Crippen LogP contribution in [0.25, 0.3) is 0 Å². The molecule has 4 fully saturated rings. The zero-order valence-electron chi connectivity index (χ0n) is 15.0. The first-order valence-corrected chi connectivity index (χ1v) is 11.0. The monoisotopic (exact) mass is 360 g/mol. The lowest BCUT2D eigenvalue weighted by atomic mass is 9.84. The fourth-order valence-corrected chi connectivity index (χ4v) is 5.95. The first kappa shape index (κ1) is 16.2. The Morgan fingerprint density at radius 1 is 1.20 bits per heavy atom.